The van der Waals surface area contributed by atoms with E-state index in [1.54, 1.807) is 0 Å². The third-order valence-electron chi connectivity index (χ3n) is 3.69. The fourth-order valence-electron chi connectivity index (χ4n) is 2.32. The molecule has 0 saturated carbocycles. The molecule has 0 aliphatic carbocycles. The first-order valence-corrected chi connectivity index (χ1v) is 7.64. The average Bonchev–Trinajstić information content (AvgIpc) is 2.52. The monoisotopic (exact) mass is 363 g/mol. The first kappa shape index (κ1) is 21.3. The van der Waals surface area contributed by atoms with Crippen LogP contribution in [0.3, 0.4) is 0 Å². The van der Waals surface area contributed by atoms with Crippen LogP contribution >= 0.6 is 0 Å². The molecule has 1 saturated heterocycles. The molecule has 11 heteroatoms. The van der Waals surface area contributed by atoms with Gasteiger partial charge in [-0.3, -0.25) is 9.59 Å². The van der Waals surface area contributed by atoms with E-state index in [0.29, 0.717) is 0 Å². The molecular weight excluding hydrogens is 340 g/mol. The van der Waals surface area contributed by atoms with Crippen LogP contribution in [-0.2, 0) is 23.9 Å². The van der Waals surface area contributed by atoms with Crippen molar-refractivity contribution in [3.05, 3.63) is 0 Å². The summed E-state index contributed by atoms with van der Waals surface area (Å²) in [5.41, 5.74) is 0. The van der Waals surface area contributed by atoms with Crippen LogP contribution in [-0.4, -0.2) is 82.5 Å². The van der Waals surface area contributed by atoms with Crippen LogP contribution in [0, 0.1) is 0 Å². The highest BCUT2D eigenvalue weighted by Crippen LogP contribution is 2.23. The van der Waals surface area contributed by atoms with E-state index in [1.807, 2.05) is 0 Å². The molecule has 2 amide bonds. The van der Waals surface area contributed by atoms with Gasteiger partial charge in [-0.15, -0.1) is 0 Å². The zero-order valence-corrected chi connectivity index (χ0v) is 14.0. The van der Waals surface area contributed by atoms with Crippen molar-refractivity contribution < 1.29 is 44.3 Å². The summed E-state index contributed by atoms with van der Waals surface area (Å²) < 4.78 is 10.4. The number of hydrogen-bond donors (Lipinski definition) is 5. The summed E-state index contributed by atoms with van der Waals surface area (Å²) in [5, 5.41) is 44.5. The number of rotatable bonds is 7. The molecule has 0 spiro atoms. The maximum Gasteiger partial charge on any atom is 0.249 e. The highest BCUT2D eigenvalue weighted by atomic mass is 16.6. The molecule has 11 nitrogen and oxygen atoms in total. The van der Waals surface area contributed by atoms with E-state index in [2.05, 4.69) is 10.6 Å². The Labute approximate surface area is 143 Å². The zero-order chi connectivity index (χ0) is 19.3. The van der Waals surface area contributed by atoms with Crippen molar-refractivity contribution in [2.75, 3.05) is 6.61 Å². The number of carboxylic acid groups (broad SMARTS) is 1. The first-order valence-electron chi connectivity index (χ1n) is 7.64. The average molecular weight is 363 g/mol. The predicted molar refractivity (Wildman–Crippen MR) is 78.5 cm³/mol. The van der Waals surface area contributed by atoms with E-state index in [0.717, 1.165) is 0 Å². The molecule has 25 heavy (non-hydrogen) atoms. The Balaban J connectivity index is 2.88. The van der Waals surface area contributed by atoms with Gasteiger partial charge in [0, 0.05) is 6.92 Å². The minimum absolute atomic E-state index is 0.543. The normalized spacial score (nSPS) is 31.7. The molecule has 1 aliphatic heterocycles. The van der Waals surface area contributed by atoms with Crippen LogP contribution in [0.2, 0.25) is 0 Å². The van der Waals surface area contributed by atoms with Crippen molar-refractivity contribution in [3.63, 3.8) is 0 Å². The fourth-order valence-corrected chi connectivity index (χ4v) is 2.32. The van der Waals surface area contributed by atoms with Gasteiger partial charge in [0.2, 0.25) is 11.8 Å². The smallest absolute Gasteiger partial charge is 0.249 e. The van der Waals surface area contributed by atoms with E-state index in [1.165, 1.54) is 20.8 Å². The lowest BCUT2D eigenvalue weighted by molar-refractivity contribution is -0.307. The Morgan fingerprint density at radius 2 is 1.88 bits per heavy atom. The maximum atomic E-state index is 12.0. The number of hydrogen-bond acceptors (Lipinski definition) is 9. The summed E-state index contributed by atoms with van der Waals surface area (Å²) in [7, 11) is 0. The van der Waals surface area contributed by atoms with Gasteiger partial charge in [0.05, 0.1) is 18.6 Å². The highest BCUT2D eigenvalue weighted by Gasteiger charge is 2.46. The number of amides is 2. The van der Waals surface area contributed by atoms with Crippen molar-refractivity contribution in [2.45, 2.75) is 63.6 Å². The lowest BCUT2D eigenvalue weighted by atomic mass is 9.96. The lowest BCUT2D eigenvalue weighted by Crippen LogP contribution is -2.65. The summed E-state index contributed by atoms with van der Waals surface area (Å²) in [6, 6.07) is -2.47. The quantitative estimate of drug-likeness (QED) is 0.299. The standard InChI is InChI=1S/C14H24N2O9/c1-5(13(21)22)15-12(20)6(2)24-11-9(16-7(3)18)14(23)25-8(4-17)10(11)19/h5-6,8-11,14,17,19,23H,4H2,1-3H3,(H,15,20)(H,16,18)(H,21,22)/p-1/t5-,6+,8+,9+,10+,11+,14-/m0/s1. The Morgan fingerprint density at radius 1 is 1.28 bits per heavy atom. The summed E-state index contributed by atoms with van der Waals surface area (Å²) in [4.78, 5) is 33.9. The van der Waals surface area contributed by atoms with Gasteiger partial charge in [-0.2, -0.15) is 0 Å². The number of aliphatic hydroxyl groups is 3. The van der Waals surface area contributed by atoms with Gasteiger partial charge in [-0.05, 0) is 13.8 Å². The van der Waals surface area contributed by atoms with Crippen molar-refractivity contribution in [1.29, 1.82) is 0 Å². The van der Waals surface area contributed by atoms with Crippen LogP contribution in [0.5, 0.6) is 0 Å². The number of aliphatic carboxylic acids is 1. The third kappa shape index (κ3) is 5.61. The topological polar surface area (TPSA) is 177 Å². The summed E-state index contributed by atoms with van der Waals surface area (Å²) in [6.45, 7) is 3.04. The predicted octanol–water partition coefficient (Wildman–Crippen LogP) is -4.41. The zero-order valence-electron chi connectivity index (χ0n) is 14.0. The van der Waals surface area contributed by atoms with E-state index in [-0.39, 0.29) is 0 Å². The SMILES string of the molecule is CC(=O)N[C@@H]1[C@@H](O[C@H](C)C(=O)N[C@@H](C)C(=O)[O-])[C@H](O)[C@@H](CO)O[C@@H]1O. The lowest BCUT2D eigenvalue weighted by Gasteiger charge is -2.43. The summed E-state index contributed by atoms with van der Waals surface area (Å²) in [5.74, 6) is -2.83. The molecule has 0 aromatic heterocycles. The molecule has 7 atom stereocenters. The second-order valence-electron chi connectivity index (χ2n) is 5.76. The van der Waals surface area contributed by atoms with Gasteiger partial charge in [0.25, 0.3) is 0 Å². The van der Waals surface area contributed by atoms with Crippen LogP contribution in [0.4, 0.5) is 0 Å². The maximum absolute atomic E-state index is 12.0. The molecule has 0 aromatic rings. The Morgan fingerprint density at radius 3 is 2.36 bits per heavy atom. The van der Waals surface area contributed by atoms with Crippen LogP contribution in [0.15, 0.2) is 0 Å². The number of nitrogens with one attached hydrogen (secondary N) is 2. The Hall–Kier alpha value is -1.79. The molecule has 144 valence electrons. The van der Waals surface area contributed by atoms with E-state index in [9.17, 15) is 34.8 Å². The molecule has 0 radical (unpaired) electrons. The van der Waals surface area contributed by atoms with Crippen molar-refractivity contribution in [3.8, 4) is 0 Å². The second kappa shape index (κ2) is 9.06. The molecule has 0 bridgehead atoms. The first-order chi connectivity index (χ1) is 11.6. The summed E-state index contributed by atoms with van der Waals surface area (Å²) >= 11 is 0. The molecule has 1 fully saturated rings. The molecular formula is C14H23N2O9-. The summed E-state index contributed by atoms with van der Waals surface area (Å²) in [6.07, 6.45) is -6.76. The number of ether oxygens (including phenoxy) is 2. The van der Waals surface area contributed by atoms with E-state index >= 15 is 0 Å². The minimum Gasteiger partial charge on any atom is -0.548 e. The highest BCUT2D eigenvalue weighted by molar-refractivity contribution is 5.85. The number of carboxylic acids is 1. The number of carbonyl (C=O) groups is 3. The van der Waals surface area contributed by atoms with Gasteiger partial charge >= 0.3 is 0 Å². The largest absolute Gasteiger partial charge is 0.548 e. The van der Waals surface area contributed by atoms with Gasteiger partial charge in [0.15, 0.2) is 6.29 Å². The van der Waals surface area contributed by atoms with E-state index < -0.39 is 67.2 Å². The van der Waals surface area contributed by atoms with Crippen LogP contribution < -0.4 is 15.7 Å². The molecule has 1 aliphatic rings. The molecule has 0 unspecified atom stereocenters. The van der Waals surface area contributed by atoms with Gasteiger partial charge < -0.3 is 45.3 Å². The van der Waals surface area contributed by atoms with Crippen molar-refractivity contribution in [2.24, 2.45) is 0 Å². The fraction of sp³-hybridized carbons (Fsp3) is 0.786. The molecule has 0 aromatic carbocycles. The third-order valence-corrected chi connectivity index (χ3v) is 3.69. The van der Waals surface area contributed by atoms with Gasteiger partial charge in [-0.25, -0.2) is 0 Å². The van der Waals surface area contributed by atoms with Crippen molar-refractivity contribution >= 4 is 17.8 Å². The molecule has 1 heterocycles. The second-order valence-corrected chi connectivity index (χ2v) is 5.76. The van der Waals surface area contributed by atoms with Crippen LogP contribution in [0.25, 0.3) is 0 Å². The number of carbonyl (C=O) groups excluding carboxylic acids is 3. The van der Waals surface area contributed by atoms with E-state index in [4.69, 9.17) is 9.47 Å². The van der Waals surface area contributed by atoms with Gasteiger partial charge in [-0.1, -0.05) is 0 Å². The van der Waals surface area contributed by atoms with Gasteiger partial charge in [0.1, 0.15) is 30.5 Å². The Kier molecular flexibility index (Phi) is 7.70. The van der Waals surface area contributed by atoms with Crippen LogP contribution in [0.1, 0.15) is 20.8 Å². The molecule has 5 N–H and O–H groups in total. The van der Waals surface area contributed by atoms with Crippen molar-refractivity contribution in [1.82, 2.24) is 10.6 Å². The Bertz CT molecular complexity index is 501. The molecule has 1 rings (SSSR count). The minimum atomic E-state index is -1.59. The number of aliphatic hydroxyl groups excluding tert-OH is 3.